The number of anilines is 1. The minimum atomic E-state index is -0.190. The van der Waals surface area contributed by atoms with Crippen LogP contribution < -0.4 is 10.2 Å². The van der Waals surface area contributed by atoms with Crippen molar-refractivity contribution < 1.29 is 9.90 Å². The number of nitrogens with one attached hydrogen (secondary N) is 1. The fourth-order valence-corrected chi connectivity index (χ4v) is 3.94. The van der Waals surface area contributed by atoms with Gasteiger partial charge in [0.2, 0.25) is 5.13 Å². The number of nitrogens with zero attached hydrogens (tertiary/aromatic N) is 4. The van der Waals surface area contributed by atoms with E-state index in [1.165, 1.54) is 11.5 Å². The van der Waals surface area contributed by atoms with Crippen LogP contribution in [0.2, 0.25) is 0 Å². The summed E-state index contributed by atoms with van der Waals surface area (Å²) in [6.07, 6.45) is 4.07. The Balaban J connectivity index is 1.50. The van der Waals surface area contributed by atoms with Gasteiger partial charge >= 0.3 is 6.03 Å². The summed E-state index contributed by atoms with van der Waals surface area (Å²) >= 11 is 1.43. The molecule has 1 saturated heterocycles. The van der Waals surface area contributed by atoms with Crippen molar-refractivity contribution in [1.82, 2.24) is 19.6 Å². The molecular formula is C15H25N5O2S. The highest BCUT2D eigenvalue weighted by Crippen LogP contribution is 2.20. The Kier molecular flexibility index (Phi) is 5.32. The van der Waals surface area contributed by atoms with E-state index in [0.717, 1.165) is 62.7 Å². The lowest BCUT2D eigenvalue weighted by Gasteiger charge is -2.29. The molecule has 2 heterocycles. The third-order valence-corrected chi connectivity index (χ3v) is 5.46. The number of hydrogen-bond donors (Lipinski definition) is 2. The Hall–Kier alpha value is -1.41. The van der Waals surface area contributed by atoms with Gasteiger partial charge in [0.05, 0.1) is 6.10 Å². The van der Waals surface area contributed by atoms with E-state index < -0.39 is 0 Å². The van der Waals surface area contributed by atoms with Crippen LogP contribution in [0.4, 0.5) is 9.93 Å². The van der Waals surface area contributed by atoms with Crippen LogP contribution in [-0.4, -0.2) is 63.7 Å². The molecule has 0 atom stereocenters. The number of aliphatic hydroxyl groups excluding tert-OH is 1. The average Bonchev–Trinajstić information content (AvgIpc) is 2.83. The summed E-state index contributed by atoms with van der Waals surface area (Å²) in [5, 5.41) is 13.6. The largest absolute Gasteiger partial charge is 0.393 e. The molecule has 0 aromatic carbocycles. The summed E-state index contributed by atoms with van der Waals surface area (Å²) in [6.45, 7) is 5.09. The maximum Gasteiger partial charge on any atom is 0.317 e. The maximum absolute atomic E-state index is 12.5. The lowest BCUT2D eigenvalue weighted by Crippen LogP contribution is -2.47. The highest BCUT2D eigenvalue weighted by Gasteiger charge is 2.25. The Morgan fingerprint density at radius 3 is 2.70 bits per heavy atom. The predicted molar refractivity (Wildman–Crippen MR) is 89.8 cm³/mol. The molecular weight excluding hydrogens is 314 g/mol. The Morgan fingerprint density at radius 1 is 1.22 bits per heavy atom. The maximum atomic E-state index is 12.5. The van der Waals surface area contributed by atoms with Crippen molar-refractivity contribution in [1.29, 1.82) is 0 Å². The van der Waals surface area contributed by atoms with E-state index in [1.54, 1.807) is 0 Å². The van der Waals surface area contributed by atoms with Crippen LogP contribution in [0.15, 0.2) is 0 Å². The average molecular weight is 339 g/mol. The molecule has 0 radical (unpaired) electrons. The number of amides is 2. The van der Waals surface area contributed by atoms with Gasteiger partial charge in [-0.2, -0.15) is 4.37 Å². The zero-order valence-corrected chi connectivity index (χ0v) is 14.4. The topological polar surface area (TPSA) is 81.6 Å². The van der Waals surface area contributed by atoms with Crippen molar-refractivity contribution in [2.75, 3.05) is 31.1 Å². The van der Waals surface area contributed by atoms with E-state index in [2.05, 4.69) is 19.6 Å². The van der Waals surface area contributed by atoms with Crippen LogP contribution in [0.25, 0.3) is 0 Å². The van der Waals surface area contributed by atoms with Crippen LogP contribution >= 0.6 is 11.5 Å². The smallest absolute Gasteiger partial charge is 0.317 e. The standard InChI is InChI=1S/C15H25N5O2S/c1-11-16-15(23-18-11)20-8-2-7-19(9-10-20)14(22)17-12-3-5-13(21)6-4-12/h12-13,21H,2-10H2,1H3,(H,17,22). The van der Waals surface area contributed by atoms with Crippen molar-refractivity contribution >= 4 is 22.7 Å². The van der Waals surface area contributed by atoms with Gasteiger partial charge in [0.25, 0.3) is 0 Å². The molecule has 7 nitrogen and oxygen atoms in total. The van der Waals surface area contributed by atoms with Crippen molar-refractivity contribution in [2.24, 2.45) is 0 Å². The lowest BCUT2D eigenvalue weighted by molar-refractivity contribution is 0.115. The first-order valence-electron chi connectivity index (χ1n) is 8.40. The molecule has 2 N–H and O–H groups in total. The quantitative estimate of drug-likeness (QED) is 0.850. The molecule has 0 bridgehead atoms. The SMILES string of the molecule is Cc1nsc(N2CCCN(C(=O)NC3CCC(O)CC3)CC2)n1. The van der Waals surface area contributed by atoms with Gasteiger partial charge in [-0.05, 0) is 39.0 Å². The minimum Gasteiger partial charge on any atom is -0.393 e. The number of carbonyl (C=O) groups is 1. The number of rotatable bonds is 2. The summed E-state index contributed by atoms with van der Waals surface area (Å²) in [5.41, 5.74) is 0. The zero-order valence-electron chi connectivity index (χ0n) is 13.6. The molecule has 0 spiro atoms. The fraction of sp³-hybridized carbons (Fsp3) is 0.800. The third-order valence-electron chi connectivity index (χ3n) is 4.59. The van der Waals surface area contributed by atoms with Gasteiger partial charge in [-0.1, -0.05) is 0 Å². The Labute approximate surface area is 140 Å². The Morgan fingerprint density at radius 2 is 2.00 bits per heavy atom. The van der Waals surface area contributed by atoms with E-state index >= 15 is 0 Å². The molecule has 1 aliphatic heterocycles. The minimum absolute atomic E-state index is 0.0293. The molecule has 3 rings (SSSR count). The fourth-order valence-electron chi connectivity index (χ4n) is 3.21. The van der Waals surface area contributed by atoms with Gasteiger partial charge in [0.15, 0.2) is 0 Å². The van der Waals surface area contributed by atoms with Crippen molar-refractivity contribution in [2.45, 2.75) is 51.2 Å². The molecule has 1 aliphatic carbocycles. The van der Waals surface area contributed by atoms with Gasteiger partial charge in [0.1, 0.15) is 5.82 Å². The normalized spacial score (nSPS) is 26.0. The second kappa shape index (κ2) is 7.44. The van der Waals surface area contributed by atoms with Crippen LogP contribution in [0, 0.1) is 6.92 Å². The molecule has 1 aromatic heterocycles. The summed E-state index contributed by atoms with van der Waals surface area (Å²) in [6, 6.07) is 0.234. The van der Waals surface area contributed by atoms with E-state index in [0.29, 0.717) is 6.54 Å². The first kappa shape index (κ1) is 16.4. The van der Waals surface area contributed by atoms with Crippen molar-refractivity contribution in [3.63, 3.8) is 0 Å². The first-order valence-corrected chi connectivity index (χ1v) is 9.18. The number of aliphatic hydroxyl groups is 1. The highest BCUT2D eigenvalue weighted by molar-refractivity contribution is 7.09. The molecule has 1 aromatic rings. The monoisotopic (exact) mass is 339 g/mol. The van der Waals surface area contributed by atoms with Gasteiger partial charge in [0, 0.05) is 43.8 Å². The molecule has 2 amide bonds. The summed E-state index contributed by atoms with van der Waals surface area (Å²) in [5.74, 6) is 0.809. The molecule has 128 valence electrons. The molecule has 2 aliphatic rings. The zero-order chi connectivity index (χ0) is 16.2. The van der Waals surface area contributed by atoms with E-state index in [1.807, 2.05) is 11.8 Å². The lowest BCUT2D eigenvalue weighted by atomic mass is 9.93. The van der Waals surface area contributed by atoms with Crippen LogP contribution in [0.5, 0.6) is 0 Å². The van der Waals surface area contributed by atoms with Gasteiger partial charge in [-0.3, -0.25) is 0 Å². The summed E-state index contributed by atoms with van der Waals surface area (Å²) in [4.78, 5) is 21.0. The van der Waals surface area contributed by atoms with E-state index in [-0.39, 0.29) is 18.2 Å². The predicted octanol–water partition coefficient (Wildman–Crippen LogP) is 1.37. The third kappa shape index (κ3) is 4.32. The second-order valence-corrected chi connectivity index (χ2v) is 7.14. The summed E-state index contributed by atoms with van der Waals surface area (Å²) in [7, 11) is 0. The number of urea groups is 1. The number of aromatic nitrogens is 2. The second-order valence-electron chi connectivity index (χ2n) is 6.41. The number of hydrogen-bond acceptors (Lipinski definition) is 6. The van der Waals surface area contributed by atoms with Gasteiger partial charge < -0.3 is 20.2 Å². The van der Waals surface area contributed by atoms with Gasteiger partial charge in [-0.15, -0.1) is 0 Å². The van der Waals surface area contributed by atoms with Gasteiger partial charge in [-0.25, -0.2) is 9.78 Å². The molecule has 0 unspecified atom stereocenters. The van der Waals surface area contributed by atoms with E-state index in [4.69, 9.17) is 0 Å². The van der Waals surface area contributed by atoms with Crippen molar-refractivity contribution in [3.8, 4) is 0 Å². The molecule has 1 saturated carbocycles. The number of carbonyl (C=O) groups excluding carboxylic acids is 1. The van der Waals surface area contributed by atoms with Crippen LogP contribution in [0.1, 0.15) is 37.9 Å². The molecule has 2 fully saturated rings. The van der Waals surface area contributed by atoms with Crippen LogP contribution in [-0.2, 0) is 0 Å². The molecule has 23 heavy (non-hydrogen) atoms. The highest BCUT2D eigenvalue weighted by atomic mass is 32.1. The first-order chi connectivity index (χ1) is 11.1. The van der Waals surface area contributed by atoms with Crippen molar-refractivity contribution in [3.05, 3.63) is 5.82 Å². The Bertz CT molecular complexity index is 530. The number of aryl methyl sites for hydroxylation is 1. The van der Waals surface area contributed by atoms with Crippen LogP contribution in [0.3, 0.4) is 0 Å². The molecule has 8 heteroatoms. The van der Waals surface area contributed by atoms with E-state index in [9.17, 15) is 9.90 Å². The summed E-state index contributed by atoms with van der Waals surface area (Å²) < 4.78 is 4.24.